The Balaban J connectivity index is 1.53. The number of ether oxygens (including phenoxy) is 1. The van der Waals surface area contributed by atoms with Crippen molar-refractivity contribution in [2.45, 2.75) is 51.0 Å². The Morgan fingerprint density at radius 3 is 2.37 bits per heavy atom. The molecule has 3 amide bonds. The fourth-order valence-corrected chi connectivity index (χ4v) is 7.26. The Kier molecular flexibility index (Phi) is 8.16. The molecule has 0 aliphatic carbocycles. The Morgan fingerprint density at radius 2 is 1.73 bits per heavy atom. The smallest absolute Gasteiger partial charge is 0.253 e. The van der Waals surface area contributed by atoms with Crippen LogP contribution < -0.4 is 4.90 Å². The zero-order valence-corrected chi connectivity index (χ0v) is 23.9. The second-order valence-electron chi connectivity index (χ2n) is 11.3. The van der Waals surface area contributed by atoms with Crippen molar-refractivity contribution in [1.29, 1.82) is 0 Å². The third-order valence-corrected chi connectivity index (χ3v) is 8.82. The van der Waals surface area contributed by atoms with E-state index in [4.69, 9.17) is 4.74 Å². The number of aliphatic hydroxyl groups is 1. The molecular weight excluding hydrogens is 518 g/mol. The Hall–Kier alpha value is -3.75. The van der Waals surface area contributed by atoms with Gasteiger partial charge in [0.25, 0.3) is 5.91 Å². The minimum Gasteiger partial charge on any atom is -0.395 e. The molecule has 0 saturated carbocycles. The number of benzene rings is 2. The van der Waals surface area contributed by atoms with Crippen molar-refractivity contribution >= 4 is 23.4 Å². The van der Waals surface area contributed by atoms with Crippen molar-refractivity contribution in [3.8, 4) is 0 Å². The van der Waals surface area contributed by atoms with Gasteiger partial charge in [0.05, 0.1) is 24.5 Å². The number of amides is 3. The van der Waals surface area contributed by atoms with Gasteiger partial charge in [-0.3, -0.25) is 14.4 Å². The van der Waals surface area contributed by atoms with Gasteiger partial charge in [-0.2, -0.15) is 0 Å². The van der Waals surface area contributed by atoms with Crippen LogP contribution in [0, 0.1) is 25.7 Å². The molecule has 2 aromatic carbocycles. The number of fused-ring (bicyclic) bond motifs is 1. The largest absolute Gasteiger partial charge is 0.395 e. The van der Waals surface area contributed by atoms with E-state index in [0.29, 0.717) is 25.9 Å². The summed E-state index contributed by atoms with van der Waals surface area (Å²) in [6.07, 6.45) is 3.96. The van der Waals surface area contributed by atoms with Crippen LogP contribution in [0.3, 0.4) is 0 Å². The highest BCUT2D eigenvalue weighted by Gasteiger charge is 2.74. The van der Waals surface area contributed by atoms with E-state index < -0.39 is 29.6 Å². The summed E-state index contributed by atoms with van der Waals surface area (Å²) in [5.74, 6) is -2.29. The van der Waals surface area contributed by atoms with Crippen LogP contribution in [0.25, 0.3) is 0 Å². The van der Waals surface area contributed by atoms with E-state index >= 15 is 0 Å². The molecule has 3 aliphatic heterocycles. The molecule has 3 fully saturated rings. The molecule has 0 aromatic heterocycles. The number of hydrogen-bond donors (Lipinski definition) is 1. The quantitative estimate of drug-likeness (QED) is 0.428. The minimum absolute atomic E-state index is 0.0164. The monoisotopic (exact) mass is 557 g/mol. The lowest BCUT2D eigenvalue weighted by atomic mass is 9.70. The lowest BCUT2D eigenvalue weighted by Crippen LogP contribution is -2.57. The van der Waals surface area contributed by atoms with Crippen LogP contribution in [0.5, 0.6) is 0 Å². The Labute approximate surface area is 241 Å². The van der Waals surface area contributed by atoms with Crippen molar-refractivity contribution in [2.24, 2.45) is 11.8 Å². The van der Waals surface area contributed by atoms with E-state index in [2.05, 4.69) is 13.2 Å². The number of aryl methyl sites for hydroxylation is 2. The van der Waals surface area contributed by atoms with E-state index in [1.165, 1.54) is 4.90 Å². The molecule has 5 rings (SSSR count). The van der Waals surface area contributed by atoms with Gasteiger partial charge in [-0.05, 0) is 43.4 Å². The van der Waals surface area contributed by atoms with Gasteiger partial charge >= 0.3 is 0 Å². The predicted octanol–water partition coefficient (Wildman–Crippen LogP) is 3.40. The zero-order chi connectivity index (χ0) is 29.3. The number of carbonyl (C=O) groups excluding carboxylic acids is 3. The number of carbonyl (C=O) groups is 3. The standard InChI is InChI=1S/C33H39N3O5/c1-5-17-34(21-24-13-8-7-9-14-24)30(38)26-25-15-16-33(41-25)27(26)31(39)36(19-20-37)29(33)32(40)35(18-6-2)28-22(3)11-10-12-23(28)4/h5-14,25-27,29,37H,1-2,15-21H2,3-4H3/t25-,26+,27+,29?,33?/m1/s1. The maximum Gasteiger partial charge on any atom is 0.253 e. The summed E-state index contributed by atoms with van der Waals surface area (Å²) in [5.41, 5.74) is 2.46. The molecule has 2 aromatic rings. The maximum atomic E-state index is 14.6. The second kappa shape index (κ2) is 11.6. The van der Waals surface area contributed by atoms with E-state index in [1.807, 2.05) is 62.4 Å². The molecule has 8 nitrogen and oxygen atoms in total. The Bertz CT molecular complexity index is 1320. The normalized spacial score (nSPS) is 26.1. The Morgan fingerprint density at radius 1 is 1.05 bits per heavy atom. The predicted molar refractivity (Wildman–Crippen MR) is 157 cm³/mol. The second-order valence-corrected chi connectivity index (χ2v) is 11.3. The van der Waals surface area contributed by atoms with Crippen LogP contribution >= 0.6 is 0 Å². The fraction of sp³-hybridized carbons (Fsp3) is 0.424. The van der Waals surface area contributed by atoms with E-state index in [-0.39, 0.29) is 37.4 Å². The average Bonchev–Trinajstić information content (AvgIpc) is 3.60. The molecule has 8 heteroatoms. The molecule has 3 heterocycles. The van der Waals surface area contributed by atoms with Gasteiger partial charge in [-0.15, -0.1) is 13.2 Å². The summed E-state index contributed by atoms with van der Waals surface area (Å²) < 4.78 is 6.61. The molecule has 5 atom stereocenters. The van der Waals surface area contributed by atoms with Crippen LogP contribution in [0.4, 0.5) is 5.69 Å². The number of hydrogen-bond acceptors (Lipinski definition) is 5. The van der Waals surface area contributed by atoms with Gasteiger partial charge in [0.15, 0.2) is 0 Å². The van der Waals surface area contributed by atoms with Crippen molar-refractivity contribution < 1.29 is 24.2 Å². The highest BCUT2D eigenvalue weighted by molar-refractivity contribution is 6.05. The molecule has 2 bridgehead atoms. The number of anilines is 1. The first-order valence-electron chi connectivity index (χ1n) is 14.3. The first-order chi connectivity index (χ1) is 19.8. The minimum atomic E-state index is -1.14. The highest BCUT2D eigenvalue weighted by Crippen LogP contribution is 2.59. The summed E-state index contributed by atoms with van der Waals surface area (Å²) in [4.78, 5) is 47.7. The van der Waals surface area contributed by atoms with Gasteiger partial charge in [-0.25, -0.2) is 0 Å². The van der Waals surface area contributed by atoms with E-state index in [9.17, 15) is 19.5 Å². The van der Waals surface area contributed by atoms with Gasteiger partial charge in [-0.1, -0.05) is 60.7 Å². The van der Waals surface area contributed by atoms with Gasteiger partial charge < -0.3 is 24.5 Å². The van der Waals surface area contributed by atoms with Crippen LogP contribution in [0.15, 0.2) is 73.8 Å². The van der Waals surface area contributed by atoms with Crippen molar-refractivity contribution in [3.05, 3.63) is 90.5 Å². The molecule has 1 spiro atoms. The molecule has 0 radical (unpaired) electrons. The first-order valence-corrected chi connectivity index (χ1v) is 14.3. The fourth-order valence-electron chi connectivity index (χ4n) is 7.26. The van der Waals surface area contributed by atoms with Crippen molar-refractivity contribution in [2.75, 3.05) is 31.1 Å². The third kappa shape index (κ3) is 4.79. The van der Waals surface area contributed by atoms with E-state index in [1.54, 1.807) is 22.0 Å². The number of β-amino-alcohol motifs (C(OH)–C–C–N with tert-alkyl or cyclic N) is 1. The SMILES string of the molecule is C=CCN(Cc1ccccc1)C(=O)[C@@H]1[C@H]2C(=O)N(CCO)C(C(=O)N(CC=C)c3c(C)cccc3C)C23CC[C@H]1O3. The molecule has 41 heavy (non-hydrogen) atoms. The van der Waals surface area contributed by atoms with Crippen molar-refractivity contribution in [3.63, 3.8) is 0 Å². The average molecular weight is 558 g/mol. The van der Waals surface area contributed by atoms with Gasteiger partial charge in [0, 0.05) is 31.9 Å². The highest BCUT2D eigenvalue weighted by atomic mass is 16.5. The number of nitrogens with zero attached hydrogens (tertiary/aromatic N) is 3. The molecular formula is C33H39N3O5. The molecule has 2 unspecified atom stereocenters. The van der Waals surface area contributed by atoms with Crippen LogP contribution in [-0.2, 0) is 25.7 Å². The van der Waals surface area contributed by atoms with Crippen molar-refractivity contribution in [1.82, 2.24) is 9.80 Å². The molecule has 216 valence electrons. The van der Waals surface area contributed by atoms with Gasteiger partial charge in [0.2, 0.25) is 11.8 Å². The molecule has 3 aliphatic rings. The van der Waals surface area contributed by atoms with E-state index in [0.717, 1.165) is 22.4 Å². The lowest BCUT2D eigenvalue weighted by Gasteiger charge is -2.37. The van der Waals surface area contributed by atoms with Crippen LogP contribution in [-0.4, -0.2) is 76.6 Å². The number of rotatable bonds is 11. The summed E-state index contributed by atoms with van der Waals surface area (Å²) in [7, 11) is 0. The van der Waals surface area contributed by atoms with Gasteiger partial charge in [0.1, 0.15) is 11.6 Å². The first kappa shape index (κ1) is 28.8. The number of aliphatic hydroxyl groups excluding tert-OH is 1. The summed E-state index contributed by atoms with van der Waals surface area (Å²) >= 11 is 0. The van der Waals surface area contributed by atoms with Crippen LogP contribution in [0.1, 0.15) is 29.5 Å². The molecule has 3 saturated heterocycles. The summed E-state index contributed by atoms with van der Waals surface area (Å²) in [5, 5.41) is 9.96. The maximum absolute atomic E-state index is 14.6. The third-order valence-electron chi connectivity index (χ3n) is 8.82. The summed E-state index contributed by atoms with van der Waals surface area (Å²) in [6.45, 7) is 12.3. The topological polar surface area (TPSA) is 90.4 Å². The summed E-state index contributed by atoms with van der Waals surface area (Å²) in [6, 6.07) is 14.6. The number of para-hydroxylation sites is 1. The number of likely N-dealkylation sites (tertiary alicyclic amines) is 1. The zero-order valence-electron chi connectivity index (χ0n) is 23.9. The van der Waals surface area contributed by atoms with Crippen LogP contribution in [0.2, 0.25) is 0 Å². The lowest BCUT2D eigenvalue weighted by molar-refractivity contribution is -0.145. The molecule has 1 N–H and O–H groups in total.